The fourth-order valence-electron chi connectivity index (χ4n) is 5.08. The summed E-state index contributed by atoms with van der Waals surface area (Å²) in [6.07, 6.45) is 5.00. The molecule has 1 aliphatic carbocycles. The first-order valence-electron chi connectivity index (χ1n) is 14.2. The summed E-state index contributed by atoms with van der Waals surface area (Å²) in [5.74, 6) is -0.866. The predicted octanol–water partition coefficient (Wildman–Crippen LogP) is 6.67. The lowest BCUT2D eigenvalue weighted by molar-refractivity contribution is -0.139. The minimum atomic E-state index is -4.14. The Morgan fingerprint density at radius 3 is 2.00 bits per heavy atom. The second kappa shape index (κ2) is 13.9. The normalized spacial score (nSPS) is 14.7. The Kier molecular flexibility index (Phi) is 10.6. The molecule has 0 radical (unpaired) electrons. The van der Waals surface area contributed by atoms with Crippen molar-refractivity contribution in [3.8, 4) is 0 Å². The molecule has 0 aliphatic heterocycles. The van der Waals surface area contributed by atoms with E-state index in [0.717, 1.165) is 47.5 Å². The van der Waals surface area contributed by atoms with Crippen LogP contribution in [0.15, 0.2) is 71.6 Å². The number of carbonyl (C=O) groups excluding carboxylic acids is 2. The number of carbonyl (C=O) groups is 2. The van der Waals surface area contributed by atoms with E-state index in [-0.39, 0.29) is 23.4 Å². The molecule has 4 rings (SSSR count). The summed E-state index contributed by atoms with van der Waals surface area (Å²) in [5, 5.41) is 3.79. The monoisotopic (exact) mass is 629 g/mol. The maximum atomic E-state index is 14.1. The largest absolute Gasteiger partial charge is 0.352 e. The van der Waals surface area contributed by atoms with Crippen LogP contribution in [0.3, 0.4) is 0 Å². The van der Waals surface area contributed by atoms with Gasteiger partial charge in [-0.1, -0.05) is 83.9 Å². The predicted molar refractivity (Wildman–Crippen MR) is 168 cm³/mol. The van der Waals surface area contributed by atoms with Crippen molar-refractivity contribution in [2.24, 2.45) is 0 Å². The molecule has 0 aromatic heterocycles. The summed E-state index contributed by atoms with van der Waals surface area (Å²) < 4.78 is 29.0. The number of hydrogen-bond acceptors (Lipinski definition) is 4. The molecule has 1 fully saturated rings. The third kappa shape index (κ3) is 7.65. The SMILES string of the molecule is Cc1ccc(N(CC(=O)N(Cc2c(Cl)cccc2Cl)C(C)C(=O)NC2CCCCC2)S(=O)(=O)c2ccc(C)cc2)cc1. The summed E-state index contributed by atoms with van der Waals surface area (Å²) in [4.78, 5) is 29.0. The summed E-state index contributed by atoms with van der Waals surface area (Å²) in [6.45, 7) is 4.82. The van der Waals surface area contributed by atoms with Crippen LogP contribution >= 0.6 is 23.2 Å². The van der Waals surface area contributed by atoms with E-state index in [1.807, 2.05) is 13.8 Å². The number of nitrogens with zero attached hydrogens (tertiary/aromatic N) is 2. The van der Waals surface area contributed by atoms with E-state index in [1.54, 1.807) is 61.5 Å². The van der Waals surface area contributed by atoms with Gasteiger partial charge in [-0.15, -0.1) is 0 Å². The van der Waals surface area contributed by atoms with E-state index in [0.29, 0.717) is 21.3 Å². The van der Waals surface area contributed by atoms with Crippen molar-refractivity contribution in [3.63, 3.8) is 0 Å². The molecular formula is C32H37Cl2N3O4S. The second-order valence-corrected chi connectivity index (χ2v) is 13.6. The summed E-state index contributed by atoms with van der Waals surface area (Å²) >= 11 is 12.9. The third-order valence-electron chi connectivity index (χ3n) is 7.72. The van der Waals surface area contributed by atoms with E-state index < -0.39 is 28.5 Å². The van der Waals surface area contributed by atoms with Gasteiger partial charge in [-0.25, -0.2) is 8.42 Å². The van der Waals surface area contributed by atoms with Crippen molar-refractivity contribution in [1.29, 1.82) is 0 Å². The molecule has 1 N–H and O–H groups in total. The molecule has 1 saturated carbocycles. The van der Waals surface area contributed by atoms with Crippen molar-refractivity contribution in [3.05, 3.63) is 93.5 Å². The van der Waals surface area contributed by atoms with Crippen molar-refractivity contribution in [2.75, 3.05) is 10.8 Å². The Bertz CT molecular complexity index is 1490. The molecule has 1 unspecified atom stereocenters. The maximum Gasteiger partial charge on any atom is 0.264 e. The zero-order chi connectivity index (χ0) is 30.4. The summed E-state index contributed by atoms with van der Waals surface area (Å²) in [7, 11) is -4.14. The Balaban J connectivity index is 1.70. The molecule has 7 nitrogen and oxygen atoms in total. The lowest BCUT2D eigenvalue weighted by atomic mass is 9.95. The molecule has 0 heterocycles. The Morgan fingerprint density at radius 2 is 1.43 bits per heavy atom. The standard InChI is InChI=1S/C32H37Cl2N3O4S/c1-22-12-16-26(17-13-22)37(42(40,41)27-18-14-23(2)15-19-27)21-31(38)36(20-28-29(33)10-7-11-30(28)34)24(3)32(39)35-25-8-5-4-6-9-25/h7,10-19,24-25H,4-6,8-9,20-21H2,1-3H3,(H,35,39). The van der Waals surface area contributed by atoms with E-state index in [2.05, 4.69) is 5.32 Å². The second-order valence-electron chi connectivity index (χ2n) is 10.9. The van der Waals surface area contributed by atoms with Crippen LogP contribution < -0.4 is 9.62 Å². The van der Waals surface area contributed by atoms with Crippen molar-refractivity contribution >= 4 is 50.7 Å². The molecule has 0 bridgehead atoms. The van der Waals surface area contributed by atoms with Crippen LogP contribution in [0.1, 0.15) is 55.7 Å². The van der Waals surface area contributed by atoms with E-state index in [4.69, 9.17) is 23.2 Å². The molecule has 3 aromatic carbocycles. The first-order chi connectivity index (χ1) is 20.0. The number of halogens is 2. The molecule has 224 valence electrons. The average Bonchev–Trinajstić information content (AvgIpc) is 2.96. The van der Waals surface area contributed by atoms with Gasteiger partial charge >= 0.3 is 0 Å². The lowest BCUT2D eigenvalue weighted by Gasteiger charge is -2.33. The summed E-state index contributed by atoms with van der Waals surface area (Å²) in [6, 6.07) is 17.6. The van der Waals surface area contributed by atoms with Crippen LogP contribution in [0.25, 0.3) is 0 Å². The van der Waals surface area contributed by atoms with Crippen LogP contribution in [0.5, 0.6) is 0 Å². The van der Waals surface area contributed by atoms with Crippen LogP contribution in [-0.4, -0.2) is 43.8 Å². The molecule has 3 aromatic rings. The van der Waals surface area contributed by atoms with Gasteiger partial charge in [0.2, 0.25) is 11.8 Å². The van der Waals surface area contributed by atoms with Crippen molar-refractivity contribution in [2.45, 2.75) is 76.4 Å². The van der Waals surface area contributed by atoms with Gasteiger partial charge in [-0.3, -0.25) is 13.9 Å². The fourth-order valence-corrected chi connectivity index (χ4v) is 7.01. The third-order valence-corrected chi connectivity index (χ3v) is 10.2. The number of sulfonamides is 1. The Hall–Kier alpha value is -3.07. The van der Waals surface area contributed by atoms with Gasteiger partial charge in [-0.05, 0) is 70.0 Å². The Morgan fingerprint density at radius 1 is 0.881 bits per heavy atom. The van der Waals surface area contributed by atoms with Crippen molar-refractivity contribution in [1.82, 2.24) is 10.2 Å². The van der Waals surface area contributed by atoms with Gasteiger partial charge in [-0.2, -0.15) is 0 Å². The minimum absolute atomic E-state index is 0.0422. The molecule has 42 heavy (non-hydrogen) atoms. The molecule has 0 spiro atoms. The number of benzene rings is 3. The number of nitrogens with one attached hydrogen (secondary N) is 1. The van der Waals surface area contributed by atoms with E-state index in [9.17, 15) is 18.0 Å². The zero-order valence-electron chi connectivity index (χ0n) is 24.1. The number of aryl methyl sites for hydroxylation is 2. The molecule has 0 saturated heterocycles. The topological polar surface area (TPSA) is 86.8 Å². The number of rotatable bonds is 10. The molecule has 2 amide bonds. The number of hydrogen-bond donors (Lipinski definition) is 1. The average molecular weight is 631 g/mol. The fraction of sp³-hybridized carbons (Fsp3) is 0.375. The van der Waals surface area contributed by atoms with Crippen LogP contribution in [-0.2, 0) is 26.2 Å². The van der Waals surface area contributed by atoms with E-state index >= 15 is 0 Å². The highest BCUT2D eigenvalue weighted by Crippen LogP contribution is 2.29. The van der Waals surface area contributed by atoms with Gasteiger partial charge in [0.15, 0.2) is 0 Å². The maximum absolute atomic E-state index is 14.1. The number of amides is 2. The molecule has 1 aliphatic rings. The quantitative estimate of drug-likeness (QED) is 0.271. The zero-order valence-corrected chi connectivity index (χ0v) is 26.5. The first-order valence-corrected chi connectivity index (χ1v) is 16.4. The van der Waals surface area contributed by atoms with Crippen molar-refractivity contribution < 1.29 is 18.0 Å². The lowest BCUT2D eigenvalue weighted by Crippen LogP contribution is -2.53. The number of anilines is 1. The summed E-state index contributed by atoms with van der Waals surface area (Å²) in [5.41, 5.74) is 2.67. The Labute approximate surface area is 258 Å². The van der Waals surface area contributed by atoms with Gasteiger partial charge in [0.1, 0.15) is 12.6 Å². The molecule has 10 heteroatoms. The molecule has 1 atom stereocenters. The van der Waals surface area contributed by atoms with Gasteiger partial charge in [0.05, 0.1) is 10.6 Å². The highest BCUT2D eigenvalue weighted by Gasteiger charge is 2.33. The highest BCUT2D eigenvalue weighted by atomic mass is 35.5. The van der Waals surface area contributed by atoms with Gasteiger partial charge in [0.25, 0.3) is 10.0 Å². The molecular weight excluding hydrogens is 593 g/mol. The first kappa shape index (κ1) is 31.9. The van der Waals surface area contributed by atoms with Gasteiger partial charge < -0.3 is 10.2 Å². The highest BCUT2D eigenvalue weighted by molar-refractivity contribution is 7.92. The van der Waals surface area contributed by atoms with Crippen LogP contribution in [0.2, 0.25) is 10.0 Å². The van der Waals surface area contributed by atoms with Crippen LogP contribution in [0, 0.1) is 13.8 Å². The van der Waals surface area contributed by atoms with Crippen LogP contribution in [0.4, 0.5) is 5.69 Å². The smallest absolute Gasteiger partial charge is 0.264 e. The minimum Gasteiger partial charge on any atom is -0.352 e. The van der Waals surface area contributed by atoms with Gasteiger partial charge in [0, 0.05) is 28.2 Å². The van der Waals surface area contributed by atoms with E-state index in [1.165, 1.54) is 17.0 Å².